The minimum atomic E-state index is -3.27. The molecule has 9 nitrogen and oxygen atoms in total. The molecule has 0 bridgehead atoms. The topological polar surface area (TPSA) is 125 Å². The van der Waals surface area contributed by atoms with Gasteiger partial charge in [-0.2, -0.15) is 0 Å². The number of ether oxygens (including phenoxy) is 1. The number of likely N-dealkylation sites (N-methyl/N-ethyl adjacent to an activating group) is 1. The van der Waals surface area contributed by atoms with E-state index in [4.69, 9.17) is 9.26 Å². The van der Waals surface area contributed by atoms with Crippen LogP contribution >= 0.6 is 8.25 Å². The molecule has 3 atom stereocenters. The zero-order valence-corrected chi connectivity index (χ0v) is 27.1. The molecular weight excluding hydrogens is 531 g/mol. The van der Waals surface area contributed by atoms with Crippen LogP contribution in [-0.4, -0.2) is 74.0 Å². The highest BCUT2D eigenvalue weighted by Gasteiger charge is 2.46. The van der Waals surface area contributed by atoms with Crippen molar-refractivity contribution in [3.63, 3.8) is 0 Å². The molecule has 0 aromatic rings. The molecule has 236 valence electrons. The second-order valence-electron chi connectivity index (χ2n) is 12.3. The van der Waals surface area contributed by atoms with Crippen LogP contribution in [0.15, 0.2) is 0 Å². The Labute approximate surface area is 245 Å². The molecule has 0 fully saturated rings. The van der Waals surface area contributed by atoms with Crippen molar-refractivity contribution in [2.45, 2.75) is 141 Å². The third kappa shape index (κ3) is 23.6. The van der Waals surface area contributed by atoms with Gasteiger partial charge in [0.1, 0.15) is 6.54 Å². The minimum Gasteiger partial charge on any atom is -0.566 e. The number of carboxylic acids is 1. The SMILES string of the molecule is CCCCCCCCCCCCCCCCCC(=O)NCC(CC(CC(=O)O)(C[N+](C)(C)C)O[P+](=O)[O-])OCC. The van der Waals surface area contributed by atoms with Crippen LogP contribution in [0.4, 0.5) is 0 Å². The van der Waals surface area contributed by atoms with E-state index in [2.05, 4.69) is 12.2 Å². The molecule has 0 heterocycles. The van der Waals surface area contributed by atoms with E-state index in [0.29, 0.717) is 17.5 Å². The van der Waals surface area contributed by atoms with Crippen molar-refractivity contribution in [3.05, 3.63) is 0 Å². The highest BCUT2D eigenvalue weighted by molar-refractivity contribution is 7.30. The lowest BCUT2D eigenvalue weighted by atomic mass is 9.91. The molecule has 0 aliphatic heterocycles. The molecule has 0 rings (SSSR count). The van der Waals surface area contributed by atoms with Crippen LogP contribution in [0.3, 0.4) is 0 Å². The van der Waals surface area contributed by atoms with Gasteiger partial charge in [0.25, 0.3) is 0 Å². The van der Waals surface area contributed by atoms with E-state index >= 15 is 0 Å². The van der Waals surface area contributed by atoms with Crippen LogP contribution in [0.5, 0.6) is 0 Å². The Morgan fingerprint density at radius 3 is 1.75 bits per heavy atom. The van der Waals surface area contributed by atoms with Gasteiger partial charge < -0.3 is 24.5 Å². The monoisotopic (exact) mass is 591 g/mol. The van der Waals surface area contributed by atoms with E-state index in [0.717, 1.165) is 19.3 Å². The summed E-state index contributed by atoms with van der Waals surface area (Å²) in [6.45, 7) is 4.73. The Bertz CT molecular complexity index is 669. The van der Waals surface area contributed by atoms with E-state index in [1.807, 2.05) is 21.1 Å². The second-order valence-corrected chi connectivity index (χ2v) is 12.9. The van der Waals surface area contributed by atoms with Crippen LogP contribution in [0, 0.1) is 0 Å². The average molecular weight is 592 g/mol. The third-order valence-electron chi connectivity index (χ3n) is 7.04. The number of carboxylic acid groups (broad SMARTS) is 1. The average Bonchev–Trinajstić information content (AvgIpc) is 2.83. The van der Waals surface area contributed by atoms with Gasteiger partial charge in [-0.15, -0.1) is 4.52 Å². The molecule has 0 aliphatic rings. The fourth-order valence-corrected chi connectivity index (χ4v) is 5.92. The molecule has 0 aromatic heterocycles. The Balaban J connectivity index is 4.32. The standard InChI is InChI=1S/C30H59N2O7P/c1-6-8-9-10-11-12-13-14-15-16-17-18-19-20-21-22-28(33)31-25-27(38-7-2)23-30(24-29(34)35,39-40(36)37)26-32(3,4)5/h27H,6-26H2,1-5H3,(H-,31,33,34,35)/p+1. The molecule has 0 aliphatic carbocycles. The lowest BCUT2D eigenvalue weighted by Gasteiger charge is -2.36. The Kier molecular flexibility index (Phi) is 22.8. The maximum atomic E-state index is 12.4. The first kappa shape index (κ1) is 38.9. The summed E-state index contributed by atoms with van der Waals surface area (Å²) in [6.07, 6.45) is 18.5. The fourth-order valence-electron chi connectivity index (χ4n) is 5.40. The minimum absolute atomic E-state index is 0.0329. The first-order valence-corrected chi connectivity index (χ1v) is 16.8. The molecule has 40 heavy (non-hydrogen) atoms. The summed E-state index contributed by atoms with van der Waals surface area (Å²) < 4.78 is 22.8. The van der Waals surface area contributed by atoms with Gasteiger partial charge in [-0.05, 0) is 17.9 Å². The van der Waals surface area contributed by atoms with Crippen molar-refractivity contribution in [1.29, 1.82) is 0 Å². The molecule has 0 saturated heterocycles. The summed E-state index contributed by atoms with van der Waals surface area (Å²) in [5.74, 6) is -1.23. The first-order chi connectivity index (χ1) is 18.9. The van der Waals surface area contributed by atoms with Gasteiger partial charge in [-0.1, -0.05) is 96.8 Å². The van der Waals surface area contributed by atoms with Crippen molar-refractivity contribution >= 4 is 20.1 Å². The number of aliphatic carboxylic acids is 1. The number of rotatable bonds is 28. The lowest BCUT2D eigenvalue weighted by Crippen LogP contribution is -2.53. The number of quaternary nitrogens is 1. The van der Waals surface area contributed by atoms with Crippen LogP contribution < -0.4 is 10.2 Å². The van der Waals surface area contributed by atoms with Gasteiger partial charge >= 0.3 is 14.2 Å². The highest BCUT2D eigenvalue weighted by atomic mass is 31.1. The van der Waals surface area contributed by atoms with Gasteiger partial charge in [0.05, 0.1) is 33.7 Å². The highest BCUT2D eigenvalue weighted by Crippen LogP contribution is 2.33. The zero-order chi connectivity index (χ0) is 30.3. The molecule has 0 spiro atoms. The maximum Gasteiger partial charge on any atom is 0.489 e. The summed E-state index contributed by atoms with van der Waals surface area (Å²) in [5, 5.41) is 12.4. The van der Waals surface area contributed by atoms with Crippen LogP contribution in [-0.2, 0) is 23.4 Å². The summed E-state index contributed by atoms with van der Waals surface area (Å²) in [5.41, 5.74) is -1.47. The molecule has 2 N–H and O–H groups in total. The summed E-state index contributed by atoms with van der Waals surface area (Å²) in [4.78, 5) is 35.6. The van der Waals surface area contributed by atoms with Crippen molar-refractivity contribution in [3.8, 4) is 0 Å². The van der Waals surface area contributed by atoms with E-state index in [1.165, 1.54) is 77.0 Å². The van der Waals surface area contributed by atoms with Gasteiger partial charge in [0.15, 0.2) is 5.60 Å². The Hall–Kier alpha value is -1.12. The molecule has 1 amide bonds. The van der Waals surface area contributed by atoms with Gasteiger partial charge in [-0.3, -0.25) is 9.59 Å². The van der Waals surface area contributed by atoms with E-state index < -0.39 is 32.4 Å². The quantitative estimate of drug-likeness (QED) is 0.0639. The van der Waals surface area contributed by atoms with Crippen molar-refractivity contribution in [2.75, 3.05) is 40.8 Å². The maximum absolute atomic E-state index is 12.4. The predicted molar refractivity (Wildman–Crippen MR) is 159 cm³/mol. The normalized spacial score (nSPS) is 14.5. The fraction of sp³-hybridized carbons (Fsp3) is 0.933. The number of unbranched alkanes of at least 4 members (excludes halogenated alkanes) is 14. The molecule has 0 radical (unpaired) electrons. The number of hydrogen-bond acceptors (Lipinski definition) is 6. The number of amides is 1. The lowest BCUT2D eigenvalue weighted by molar-refractivity contribution is -0.876. The number of carbonyl (C=O) groups excluding carboxylic acids is 1. The molecule has 0 saturated carbocycles. The number of hydrogen-bond donors (Lipinski definition) is 2. The van der Waals surface area contributed by atoms with E-state index in [-0.39, 0.29) is 25.4 Å². The van der Waals surface area contributed by atoms with E-state index in [1.54, 1.807) is 6.92 Å². The van der Waals surface area contributed by atoms with Gasteiger partial charge in [0, 0.05) is 26.0 Å². The third-order valence-corrected chi connectivity index (χ3v) is 7.58. The number of carbonyl (C=O) groups is 2. The summed E-state index contributed by atoms with van der Waals surface area (Å²) >= 11 is 0. The van der Waals surface area contributed by atoms with Crippen molar-refractivity contribution in [2.24, 2.45) is 0 Å². The molecule has 10 heteroatoms. The Morgan fingerprint density at radius 2 is 1.35 bits per heavy atom. The van der Waals surface area contributed by atoms with Gasteiger partial charge in [-0.25, -0.2) is 0 Å². The molecule has 0 aromatic carbocycles. The van der Waals surface area contributed by atoms with Crippen LogP contribution in [0.1, 0.15) is 129 Å². The van der Waals surface area contributed by atoms with Crippen molar-refractivity contribution < 1.29 is 37.9 Å². The van der Waals surface area contributed by atoms with Gasteiger partial charge in [0.2, 0.25) is 5.91 Å². The molecular formula is C30H60N2O7P+. The number of nitrogens with one attached hydrogen (secondary N) is 1. The van der Waals surface area contributed by atoms with Crippen LogP contribution in [0.2, 0.25) is 0 Å². The van der Waals surface area contributed by atoms with Crippen LogP contribution in [0.25, 0.3) is 0 Å². The number of nitrogens with zero attached hydrogens (tertiary/aromatic N) is 1. The van der Waals surface area contributed by atoms with Crippen molar-refractivity contribution in [1.82, 2.24) is 5.32 Å². The molecule has 3 unspecified atom stereocenters. The second kappa shape index (κ2) is 23.4. The first-order valence-electron chi connectivity index (χ1n) is 15.7. The predicted octanol–water partition coefficient (Wildman–Crippen LogP) is 6.11. The largest absolute Gasteiger partial charge is 0.566 e. The zero-order valence-electron chi connectivity index (χ0n) is 26.2. The Morgan fingerprint density at radius 1 is 0.875 bits per heavy atom. The van der Waals surface area contributed by atoms with E-state index in [9.17, 15) is 24.2 Å². The summed E-state index contributed by atoms with van der Waals surface area (Å²) in [6, 6.07) is 0. The summed E-state index contributed by atoms with van der Waals surface area (Å²) in [7, 11) is 2.25. The smallest absolute Gasteiger partial charge is 0.489 e.